The van der Waals surface area contributed by atoms with Crippen molar-refractivity contribution in [3.8, 4) is 11.3 Å². The van der Waals surface area contributed by atoms with Gasteiger partial charge in [-0.3, -0.25) is 9.59 Å². The van der Waals surface area contributed by atoms with Crippen LogP contribution in [0.3, 0.4) is 0 Å². The van der Waals surface area contributed by atoms with Gasteiger partial charge in [-0.25, -0.2) is 0 Å². The third-order valence-electron chi connectivity index (χ3n) is 3.34. The minimum absolute atomic E-state index is 0.0300. The number of Topliss-reactive ketones (excluding diaryl/α,β-unsaturated/α-hetero) is 2. The fraction of sp³-hybridized carbons (Fsp3) is 0.333. The summed E-state index contributed by atoms with van der Waals surface area (Å²) >= 11 is 5.38. The van der Waals surface area contributed by atoms with Crippen LogP contribution in [-0.2, 0) is 9.59 Å². The number of carbonyl (C=O) groups excluding carboxylic acids is 2. The Bertz CT molecular complexity index is 551. The minimum atomic E-state index is -0.567. The Morgan fingerprint density at radius 2 is 1.61 bits per heavy atom. The summed E-state index contributed by atoms with van der Waals surface area (Å²) in [6, 6.07) is 3.74. The van der Waals surface area contributed by atoms with Gasteiger partial charge in [-0.15, -0.1) is 0 Å². The average Bonchev–Trinajstić information content (AvgIpc) is 2.60. The monoisotopic (exact) mass is 260 g/mol. The molecular formula is C15H13ClO2. The average molecular weight is 261 g/mol. The molecule has 1 fully saturated rings. The van der Waals surface area contributed by atoms with Crippen molar-refractivity contribution in [2.45, 2.75) is 32.6 Å². The standard InChI is InChI=1S/C15H13ClO2/c1-9-7-11(5-6-16)8-10(2)14(9)15-12(17)3-4-13(15)18/h7-8,15H,3-4H2,1-2H3. The normalized spacial score (nSPS) is 15.7. The molecule has 0 heterocycles. The zero-order chi connectivity index (χ0) is 13.3. The van der Waals surface area contributed by atoms with Gasteiger partial charge >= 0.3 is 0 Å². The number of carbonyl (C=O) groups is 2. The minimum Gasteiger partial charge on any atom is -0.299 e. The molecule has 92 valence electrons. The van der Waals surface area contributed by atoms with Crippen LogP contribution in [0.1, 0.15) is 41.0 Å². The molecule has 0 unspecified atom stereocenters. The first-order chi connectivity index (χ1) is 8.54. The summed E-state index contributed by atoms with van der Waals surface area (Å²) in [6.45, 7) is 3.81. The summed E-state index contributed by atoms with van der Waals surface area (Å²) in [4.78, 5) is 23.7. The van der Waals surface area contributed by atoms with Gasteiger partial charge in [-0.05, 0) is 60.2 Å². The summed E-state index contributed by atoms with van der Waals surface area (Å²) in [5.41, 5.74) is 3.51. The Morgan fingerprint density at radius 1 is 1.11 bits per heavy atom. The zero-order valence-electron chi connectivity index (χ0n) is 10.3. The quantitative estimate of drug-likeness (QED) is 0.575. The molecule has 2 nitrogen and oxygen atoms in total. The molecule has 3 heteroatoms. The number of hydrogen-bond acceptors (Lipinski definition) is 2. The molecule has 1 aliphatic carbocycles. The molecule has 0 N–H and O–H groups in total. The second kappa shape index (κ2) is 4.96. The van der Waals surface area contributed by atoms with Crippen LogP contribution in [0.4, 0.5) is 0 Å². The molecule has 1 aromatic carbocycles. The van der Waals surface area contributed by atoms with Crippen LogP contribution in [0.5, 0.6) is 0 Å². The lowest BCUT2D eigenvalue weighted by Gasteiger charge is -2.15. The predicted octanol–water partition coefficient (Wildman–Crippen LogP) is 2.87. The van der Waals surface area contributed by atoms with Gasteiger partial charge in [-0.1, -0.05) is 0 Å². The Morgan fingerprint density at radius 3 is 2.06 bits per heavy atom. The summed E-state index contributed by atoms with van der Waals surface area (Å²) in [6.07, 6.45) is 0.733. The number of halogens is 1. The second-order valence-electron chi connectivity index (χ2n) is 4.61. The third-order valence-corrected chi connectivity index (χ3v) is 3.43. The Hall–Kier alpha value is -1.59. The van der Waals surface area contributed by atoms with E-state index in [9.17, 15) is 9.59 Å². The highest BCUT2D eigenvalue weighted by Crippen LogP contribution is 2.33. The van der Waals surface area contributed by atoms with Gasteiger partial charge in [0.2, 0.25) is 0 Å². The van der Waals surface area contributed by atoms with E-state index in [-0.39, 0.29) is 11.6 Å². The van der Waals surface area contributed by atoms with Gasteiger partial charge in [0.25, 0.3) is 0 Å². The van der Waals surface area contributed by atoms with Crippen LogP contribution < -0.4 is 0 Å². The Balaban J connectivity index is 2.54. The summed E-state index contributed by atoms with van der Waals surface area (Å²) < 4.78 is 0. The van der Waals surface area contributed by atoms with E-state index in [1.807, 2.05) is 26.0 Å². The fourth-order valence-corrected chi connectivity index (χ4v) is 2.70. The molecule has 0 radical (unpaired) electrons. The van der Waals surface area contributed by atoms with E-state index < -0.39 is 5.92 Å². The van der Waals surface area contributed by atoms with E-state index in [1.54, 1.807) is 0 Å². The van der Waals surface area contributed by atoms with Crippen molar-refractivity contribution in [2.24, 2.45) is 0 Å². The fourth-order valence-electron chi connectivity index (χ4n) is 2.59. The molecule has 0 amide bonds. The lowest BCUT2D eigenvalue weighted by atomic mass is 9.87. The summed E-state index contributed by atoms with van der Waals surface area (Å²) in [7, 11) is 0. The van der Waals surface area contributed by atoms with E-state index in [0.29, 0.717) is 12.8 Å². The predicted molar refractivity (Wildman–Crippen MR) is 70.6 cm³/mol. The van der Waals surface area contributed by atoms with Crippen LogP contribution in [0, 0.1) is 25.1 Å². The zero-order valence-corrected chi connectivity index (χ0v) is 11.1. The Labute approximate surface area is 111 Å². The van der Waals surface area contributed by atoms with Crippen molar-refractivity contribution in [1.29, 1.82) is 0 Å². The molecular weight excluding hydrogens is 248 g/mol. The van der Waals surface area contributed by atoms with E-state index >= 15 is 0 Å². The topological polar surface area (TPSA) is 34.1 Å². The number of rotatable bonds is 1. The third kappa shape index (κ3) is 2.19. The molecule has 0 aliphatic heterocycles. The molecule has 18 heavy (non-hydrogen) atoms. The number of aryl methyl sites for hydroxylation is 2. The molecule has 1 saturated carbocycles. The first-order valence-corrected chi connectivity index (χ1v) is 6.20. The largest absolute Gasteiger partial charge is 0.299 e. The Kier molecular flexibility index (Phi) is 3.54. The van der Waals surface area contributed by atoms with Gasteiger partial charge in [0.1, 0.15) is 17.5 Å². The molecule has 0 saturated heterocycles. The molecule has 1 aromatic rings. The van der Waals surface area contributed by atoms with E-state index in [4.69, 9.17) is 11.6 Å². The van der Waals surface area contributed by atoms with E-state index in [2.05, 4.69) is 11.3 Å². The smallest absolute Gasteiger partial charge is 0.148 e. The van der Waals surface area contributed by atoms with Crippen LogP contribution in [-0.4, -0.2) is 11.6 Å². The van der Waals surface area contributed by atoms with Gasteiger partial charge in [0, 0.05) is 23.8 Å². The lowest BCUT2D eigenvalue weighted by molar-refractivity contribution is -0.123. The lowest BCUT2D eigenvalue weighted by Crippen LogP contribution is -2.15. The van der Waals surface area contributed by atoms with Gasteiger partial charge in [0.15, 0.2) is 0 Å². The maximum absolute atomic E-state index is 11.8. The summed E-state index contributed by atoms with van der Waals surface area (Å²) in [5.74, 6) is 2.27. The van der Waals surface area contributed by atoms with Crippen molar-refractivity contribution in [2.75, 3.05) is 0 Å². The molecule has 1 aliphatic rings. The van der Waals surface area contributed by atoms with Gasteiger partial charge in [0.05, 0.1) is 0 Å². The molecule has 2 rings (SSSR count). The maximum atomic E-state index is 11.8. The van der Waals surface area contributed by atoms with Crippen molar-refractivity contribution in [3.05, 3.63) is 34.4 Å². The van der Waals surface area contributed by atoms with E-state index in [0.717, 1.165) is 22.3 Å². The SMILES string of the molecule is Cc1cc(C#CCl)cc(C)c1C1C(=O)CCC1=O. The maximum Gasteiger partial charge on any atom is 0.148 e. The van der Waals surface area contributed by atoms with Crippen molar-refractivity contribution in [3.63, 3.8) is 0 Å². The first kappa shape index (κ1) is 12.9. The highest BCUT2D eigenvalue weighted by Gasteiger charge is 2.35. The highest BCUT2D eigenvalue weighted by atomic mass is 35.5. The van der Waals surface area contributed by atoms with Crippen LogP contribution in [0.2, 0.25) is 0 Å². The second-order valence-corrected chi connectivity index (χ2v) is 4.80. The van der Waals surface area contributed by atoms with Crippen molar-refractivity contribution >= 4 is 23.2 Å². The van der Waals surface area contributed by atoms with E-state index in [1.165, 1.54) is 0 Å². The van der Waals surface area contributed by atoms with Crippen molar-refractivity contribution in [1.82, 2.24) is 0 Å². The summed E-state index contributed by atoms with van der Waals surface area (Å²) in [5, 5.41) is 2.33. The highest BCUT2D eigenvalue weighted by molar-refractivity contribution is 6.30. The molecule has 0 bridgehead atoms. The van der Waals surface area contributed by atoms with Crippen LogP contribution >= 0.6 is 11.6 Å². The van der Waals surface area contributed by atoms with Crippen LogP contribution in [0.25, 0.3) is 0 Å². The number of hydrogen-bond donors (Lipinski definition) is 0. The first-order valence-electron chi connectivity index (χ1n) is 5.83. The molecule has 0 aromatic heterocycles. The van der Waals surface area contributed by atoms with Crippen molar-refractivity contribution < 1.29 is 9.59 Å². The van der Waals surface area contributed by atoms with Gasteiger partial charge in [-0.2, -0.15) is 0 Å². The number of ketones is 2. The molecule has 0 spiro atoms. The number of benzene rings is 1. The molecule has 0 atom stereocenters. The van der Waals surface area contributed by atoms with Gasteiger partial charge < -0.3 is 0 Å². The van der Waals surface area contributed by atoms with Crippen LogP contribution in [0.15, 0.2) is 12.1 Å².